The van der Waals surface area contributed by atoms with Gasteiger partial charge in [-0.3, -0.25) is 0 Å². The van der Waals surface area contributed by atoms with Crippen molar-refractivity contribution in [2.75, 3.05) is 13.7 Å². The van der Waals surface area contributed by atoms with Gasteiger partial charge < -0.3 is 19.1 Å². The number of pyridine rings is 1. The maximum absolute atomic E-state index is 12.8. The average Bonchev–Trinajstić information content (AvgIpc) is 3.23. The number of hydrogen-bond donors (Lipinski definition) is 1. The molecule has 4 aromatic rings. The van der Waals surface area contributed by atoms with Crippen molar-refractivity contribution in [3.05, 3.63) is 81.9 Å². The molecule has 2 heterocycles. The predicted molar refractivity (Wildman–Crippen MR) is 122 cm³/mol. The van der Waals surface area contributed by atoms with Gasteiger partial charge in [-0.15, -0.1) is 0 Å². The molecule has 178 valence electrons. The Morgan fingerprint density at radius 2 is 1.74 bits per heavy atom. The second kappa shape index (κ2) is 8.98. The Hall–Kier alpha value is -3.01. The van der Waals surface area contributed by atoms with Gasteiger partial charge in [0.2, 0.25) is 5.75 Å². The Kier molecular flexibility index (Phi) is 6.37. The molecule has 1 unspecified atom stereocenters. The van der Waals surface area contributed by atoms with Crippen LogP contribution in [0.2, 0.25) is 10.0 Å². The molecular formula is C23H18Cl2F3N3O3. The molecule has 1 atom stereocenters. The van der Waals surface area contributed by atoms with Crippen LogP contribution in [0.1, 0.15) is 16.8 Å². The minimum absolute atomic E-state index is 0.128. The normalized spacial score (nSPS) is 13.6. The largest absolute Gasteiger partial charge is 0.478 e. The molecule has 6 nitrogen and oxygen atoms in total. The van der Waals surface area contributed by atoms with Gasteiger partial charge in [0, 0.05) is 17.5 Å². The van der Waals surface area contributed by atoms with E-state index in [2.05, 4.69) is 9.97 Å². The number of nitrogens with zero attached hydrogens (tertiary/aromatic N) is 3. The van der Waals surface area contributed by atoms with E-state index in [0.29, 0.717) is 27.4 Å². The van der Waals surface area contributed by atoms with Gasteiger partial charge >= 0.3 is 6.18 Å². The lowest BCUT2D eigenvalue weighted by Gasteiger charge is -2.30. The van der Waals surface area contributed by atoms with Gasteiger partial charge in [-0.05, 0) is 35.4 Å². The molecule has 34 heavy (non-hydrogen) atoms. The Balaban J connectivity index is 1.93. The summed E-state index contributed by atoms with van der Waals surface area (Å²) >= 11 is 12.5. The van der Waals surface area contributed by atoms with Crippen LogP contribution in [-0.4, -0.2) is 39.5 Å². The zero-order valence-electron chi connectivity index (χ0n) is 17.9. The Bertz CT molecular complexity index is 1340. The third-order valence-corrected chi connectivity index (χ3v) is 5.92. The molecule has 0 aliphatic rings. The third-order valence-electron chi connectivity index (χ3n) is 5.29. The molecule has 0 spiro atoms. The van der Waals surface area contributed by atoms with Gasteiger partial charge in [-0.25, -0.2) is 9.97 Å². The Morgan fingerprint density at radius 1 is 1.06 bits per heavy atom. The second-order valence-corrected chi connectivity index (χ2v) is 8.32. The number of halogens is 5. The molecule has 11 heteroatoms. The van der Waals surface area contributed by atoms with Crippen LogP contribution < -0.4 is 9.47 Å². The van der Waals surface area contributed by atoms with Crippen molar-refractivity contribution in [2.24, 2.45) is 7.05 Å². The van der Waals surface area contributed by atoms with Crippen LogP contribution in [0.4, 0.5) is 13.2 Å². The highest BCUT2D eigenvalue weighted by Gasteiger charge is 2.37. The molecule has 1 N–H and O–H groups in total. The van der Waals surface area contributed by atoms with E-state index >= 15 is 0 Å². The maximum Gasteiger partial charge on any atom is 0.422 e. The van der Waals surface area contributed by atoms with Crippen molar-refractivity contribution < 1.29 is 27.8 Å². The van der Waals surface area contributed by atoms with E-state index in [1.54, 1.807) is 60.4 Å². The van der Waals surface area contributed by atoms with Crippen molar-refractivity contribution >= 4 is 34.1 Å². The number of alkyl halides is 3. The van der Waals surface area contributed by atoms with Crippen LogP contribution in [0.25, 0.3) is 10.9 Å². The summed E-state index contributed by atoms with van der Waals surface area (Å²) < 4.78 is 50.0. The van der Waals surface area contributed by atoms with Crippen molar-refractivity contribution in [3.63, 3.8) is 0 Å². The SMILES string of the molecule is COc1nc2ccc(C(O)(c3ccc(Cl)cc3)c3cncn3C)cc2c(Cl)c1OCC(F)(F)F. The van der Waals surface area contributed by atoms with Crippen molar-refractivity contribution in [3.8, 4) is 11.6 Å². The van der Waals surface area contributed by atoms with Gasteiger partial charge in [0.1, 0.15) is 0 Å². The topological polar surface area (TPSA) is 69.4 Å². The summed E-state index contributed by atoms with van der Waals surface area (Å²) in [6.45, 7) is -1.57. The lowest BCUT2D eigenvalue weighted by molar-refractivity contribution is -0.153. The number of methoxy groups -OCH3 is 1. The third kappa shape index (κ3) is 4.38. The lowest BCUT2D eigenvalue weighted by Crippen LogP contribution is -2.31. The van der Waals surface area contributed by atoms with Crippen LogP contribution in [0.3, 0.4) is 0 Å². The van der Waals surface area contributed by atoms with Crippen molar-refractivity contribution in [1.82, 2.24) is 14.5 Å². The average molecular weight is 512 g/mol. The van der Waals surface area contributed by atoms with Crippen LogP contribution >= 0.6 is 23.2 Å². The molecule has 0 aliphatic heterocycles. The second-order valence-electron chi connectivity index (χ2n) is 7.51. The quantitative estimate of drug-likeness (QED) is 0.369. The van der Waals surface area contributed by atoms with Crippen molar-refractivity contribution in [1.29, 1.82) is 0 Å². The molecule has 0 radical (unpaired) electrons. The van der Waals surface area contributed by atoms with Gasteiger partial charge in [0.25, 0.3) is 5.88 Å². The number of imidazole rings is 1. The highest BCUT2D eigenvalue weighted by Crippen LogP contribution is 2.43. The van der Waals surface area contributed by atoms with Crippen LogP contribution in [-0.2, 0) is 12.6 Å². The summed E-state index contributed by atoms with van der Waals surface area (Å²) in [4.78, 5) is 8.34. The summed E-state index contributed by atoms with van der Waals surface area (Å²) in [5.41, 5.74) is -0.0402. The molecule has 4 rings (SSSR count). The molecule has 2 aromatic carbocycles. The number of rotatable bonds is 6. The highest BCUT2D eigenvalue weighted by molar-refractivity contribution is 6.37. The number of fused-ring (bicyclic) bond motifs is 1. The fourth-order valence-electron chi connectivity index (χ4n) is 3.69. The van der Waals surface area contributed by atoms with Gasteiger partial charge in [0.15, 0.2) is 12.2 Å². The van der Waals surface area contributed by atoms with E-state index < -0.39 is 18.4 Å². The molecule has 0 saturated heterocycles. The first-order valence-corrected chi connectivity index (χ1v) is 10.6. The summed E-state index contributed by atoms with van der Waals surface area (Å²) in [7, 11) is 2.98. The predicted octanol–water partition coefficient (Wildman–Crippen LogP) is 5.51. The Morgan fingerprint density at radius 3 is 2.32 bits per heavy atom. The number of hydrogen-bond acceptors (Lipinski definition) is 5. The summed E-state index contributed by atoms with van der Waals surface area (Å²) in [6, 6.07) is 11.4. The molecule has 0 bridgehead atoms. The maximum atomic E-state index is 12.8. The molecule has 2 aromatic heterocycles. The summed E-state index contributed by atoms with van der Waals surface area (Å²) in [5, 5.41) is 12.7. The van der Waals surface area contributed by atoms with Crippen LogP contribution in [0.5, 0.6) is 11.6 Å². The first-order valence-electron chi connectivity index (χ1n) is 9.87. The van der Waals surface area contributed by atoms with Crippen LogP contribution in [0.15, 0.2) is 55.0 Å². The minimum Gasteiger partial charge on any atom is -0.478 e. The van der Waals surface area contributed by atoms with Crippen LogP contribution in [0, 0.1) is 0 Å². The lowest BCUT2D eigenvalue weighted by atomic mass is 9.83. The molecule has 0 aliphatic carbocycles. The Labute approximate surface area is 202 Å². The monoisotopic (exact) mass is 511 g/mol. The van der Waals surface area contributed by atoms with Gasteiger partial charge in [-0.2, -0.15) is 13.2 Å². The van der Waals surface area contributed by atoms with E-state index in [4.69, 9.17) is 32.7 Å². The molecule has 0 amide bonds. The smallest absolute Gasteiger partial charge is 0.422 e. The number of benzene rings is 2. The molecular weight excluding hydrogens is 494 g/mol. The van der Waals surface area contributed by atoms with Gasteiger partial charge in [0.05, 0.1) is 35.9 Å². The number of ether oxygens (including phenoxy) is 2. The first kappa shape index (κ1) is 24.1. The van der Waals surface area contributed by atoms with E-state index in [0.717, 1.165) is 0 Å². The first-order chi connectivity index (χ1) is 16.0. The summed E-state index contributed by atoms with van der Waals surface area (Å²) in [6.07, 6.45) is -1.52. The highest BCUT2D eigenvalue weighted by atomic mass is 35.5. The fourth-order valence-corrected chi connectivity index (χ4v) is 4.10. The van der Waals surface area contributed by atoms with E-state index in [1.165, 1.54) is 13.3 Å². The number of aryl methyl sites for hydroxylation is 1. The van der Waals surface area contributed by atoms with Gasteiger partial charge in [-0.1, -0.05) is 41.4 Å². The molecule has 0 saturated carbocycles. The van der Waals surface area contributed by atoms with E-state index in [9.17, 15) is 18.3 Å². The number of aliphatic hydroxyl groups is 1. The van der Waals surface area contributed by atoms with E-state index in [-0.39, 0.29) is 22.0 Å². The summed E-state index contributed by atoms with van der Waals surface area (Å²) in [5.74, 6) is -0.532. The minimum atomic E-state index is -4.58. The molecule has 0 fully saturated rings. The van der Waals surface area contributed by atoms with E-state index in [1.807, 2.05) is 0 Å². The fraction of sp³-hybridized carbons (Fsp3) is 0.217. The van der Waals surface area contributed by atoms with Crippen molar-refractivity contribution in [2.45, 2.75) is 11.8 Å². The standard InChI is InChI=1S/C23H18Cl2F3N3O3/c1-31-12-29-10-18(31)23(32,13-3-6-15(24)7-4-13)14-5-8-17-16(9-14)19(25)20(21(30-17)33-2)34-11-22(26,27)28/h3-10,12,32H,11H2,1-2H3. The zero-order valence-corrected chi connectivity index (χ0v) is 19.4. The zero-order chi connectivity index (χ0) is 24.7. The number of aromatic nitrogens is 3.